The standard InChI is InChI=1S/C10H15.4CO.V/c1-6-7(2)9(4)10(5)8(6)3;4*1-2;/h1-5H3;;;;;. The molecule has 0 saturated heterocycles. The van der Waals surface area contributed by atoms with Gasteiger partial charge in [0.15, 0.2) is 0 Å². The minimum absolute atomic E-state index is 0. The molecule has 0 aliphatic heterocycles. The fraction of sp³-hybridized carbons (Fsp3) is 0.357. The largest absolute Gasteiger partial charge is 0 e. The van der Waals surface area contributed by atoms with E-state index in [2.05, 4.69) is 61.2 Å². The quantitative estimate of drug-likeness (QED) is 0.486. The number of hydrogen-bond donors (Lipinski definition) is 0. The van der Waals surface area contributed by atoms with Gasteiger partial charge in [0.05, 0.1) is 0 Å². The Balaban J connectivity index is -0.0000000628. The molecule has 0 atom stereocenters. The van der Waals surface area contributed by atoms with Crippen molar-refractivity contribution in [3.05, 3.63) is 54.8 Å². The van der Waals surface area contributed by atoms with Crippen LogP contribution in [-0.4, -0.2) is 0 Å². The average Bonchev–Trinajstić information content (AvgIpc) is 2.65. The Morgan fingerprint density at radius 2 is 0.632 bits per heavy atom. The number of hydrogen-bond acceptors (Lipinski definition) is 0. The molecule has 0 bridgehead atoms. The fourth-order valence-corrected chi connectivity index (χ4v) is 1.41. The first-order valence-corrected chi connectivity index (χ1v) is 4.57. The average molecular weight is 298 g/mol. The summed E-state index contributed by atoms with van der Waals surface area (Å²) in [5.41, 5.74) is 5.87. The van der Waals surface area contributed by atoms with E-state index >= 15 is 0 Å². The zero-order valence-corrected chi connectivity index (χ0v) is 13.0. The smallest absolute Gasteiger partial charge is 0 e. The van der Waals surface area contributed by atoms with Gasteiger partial charge in [-0.2, -0.15) is 0 Å². The fourth-order valence-electron chi connectivity index (χ4n) is 1.41. The normalized spacial score (nSPS) is 11.6. The van der Waals surface area contributed by atoms with Gasteiger partial charge in [0.25, 0.3) is 0 Å². The van der Waals surface area contributed by atoms with Gasteiger partial charge in [-0.25, -0.2) is 0 Å². The monoisotopic (exact) mass is 298 g/mol. The Kier molecular flexibility index (Phi) is 36.0. The molecular weight excluding hydrogens is 283 g/mol. The molecule has 0 unspecified atom stereocenters. The summed E-state index contributed by atoms with van der Waals surface area (Å²) >= 11 is 0. The summed E-state index contributed by atoms with van der Waals surface area (Å²) in [6, 6.07) is 0. The molecule has 1 rings (SSSR count). The van der Waals surface area contributed by atoms with E-state index in [9.17, 15) is 0 Å². The molecule has 0 spiro atoms. The van der Waals surface area contributed by atoms with Crippen LogP contribution in [0.4, 0.5) is 0 Å². The third-order valence-corrected chi connectivity index (χ3v) is 2.81. The van der Waals surface area contributed by atoms with Crippen molar-refractivity contribution in [3.8, 4) is 0 Å². The van der Waals surface area contributed by atoms with Crippen LogP contribution in [0.3, 0.4) is 0 Å². The SMILES string of the molecule is C[C]1C(C)=C(C)C(C)=C1C.[C-]#[O+].[C-]#[O+].[C-]#[O+].[C-]#[O+].[V]. The number of allylic oxidation sites excluding steroid dienone is 4. The van der Waals surface area contributed by atoms with E-state index in [-0.39, 0.29) is 18.6 Å². The second-order valence-electron chi connectivity index (χ2n) is 3.12. The Bertz CT molecular complexity index is 322. The minimum atomic E-state index is 0. The second-order valence-corrected chi connectivity index (χ2v) is 3.12. The van der Waals surface area contributed by atoms with Gasteiger partial charge >= 0.3 is 45.2 Å². The van der Waals surface area contributed by atoms with Crippen LogP contribution in [0.1, 0.15) is 34.6 Å². The maximum atomic E-state index is 7.50. The maximum Gasteiger partial charge on any atom is 0 e. The summed E-state index contributed by atoms with van der Waals surface area (Å²) in [7, 11) is 0. The van der Waals surface area contributed by atoms with E-state index in [0.29, 0.717) is 0 Å². The van der Waals surface area contributed by atoms with Gasteiger partial charge in [0.2, 0.25) is 0 Å². The van der Waals surface area contributed by atoms with Crippen molar-refractivity contribution in [3.63, 3.8) is 0 Å². The van der Waals surface area contributed by atoms with E-state index < -0.39 is 0 Å². The molecule has 0 saturated carbocycles. The second kappa shape index (κ2) is 22.2. The molecule has 1 aliphatic carbocycles. The molecule has 0 amide bonds. The molecule has 0 N–H and O–H groups in total. The molecular formula is C14H15O4V. The van der Waals surface area contributed by atoms with Crippen molar-refractivity contribution in [2.24, 2.45) is 0 Å². The molecule has 19 heavy (non-hydrogen) atoms. The van der Waals surface area contributed by atoms with E-state index in [0.717, 1.165) is 0 Å². The first kappa shape index (κ1) is 30.8. The summed E-state index contributed by atoms with van der Waals surface area (Å²) in [5, 5.41) is 0. The van der Waals surface area contributed by atoms with Crippen molar-refractivity contribution in [1.29, 1.82) is 0 Å². The summed E-state index contributed by atoms with van der Waals surface area (Å²) in [6.45, 7) is 29.0. The molecule has 0 aromatic rings. The third-order valence-electron chi connectivity index (χ3n) is 2.81. The first-order valence-electron chi connectivity index (χ1n) is 4.57. The summed E-state index contributed by atoms with van der Waals surface area (Å²) in [6.07, 6.45) is 0. The first-order chi connectivity index (χ1) is 8.55. The van der Waals surface area contributed by atoms with Crippen LogP contribution in [0.2, 0.25) is 0 Å². The maximum absolute atomic E-state index is 7.50. The third kappa shape index (κ3) is 10.6. The Morgan fingerprint density at radius 3 is 0.684 bits per heavy atom. The molecule has 5 heteroatoms. The van der Waals surface area contributed by atoms with E-state index in [4.69, 9.17) is 18.6 Å². The van der Waals surface area contributed by atoms with Crippen LogP contribution in [0.25, 0.3) is 0 Å². The Morgan fingerprint density at radius 1 is 0.474 bits per heavy atom. The molecule has 0 heterocycles. The molecule has 0 aromatic heterocycles. The summed E-state index contributed by atoms with van der Waals surface area (Å²) < 4.78 is 30.0. The van der Waals surface area contributed by atoms with Crippen molar-refractivity contribution in [2.75, 3.05) is 0 Å². The molecule has 0 fully saturated rings. The van der Waals surface area contributed by atoms with Gasteiger partial charge in [0, 0.05) is 24.5 Å². The minimum Gasteiger partial charge on any atom is 0 e. The Labute approximate surface area is 127 Å². The molecule has 1 aliphatic rings. The molecule has 0 aromatic carbocycles. The van der Waals surface area contributed by atoms with Crippen LogP contribution < -0.4 is 0 Å². The molecule has 2 radical (unpaired) electrons. The van der Waals surface area contributed by atoms with Crippen molar-refractivity contribution >= 4 is 0 Å². The summed E-state index contributed by atoms with van der Waals surface area (Å²) in [4.78, 5) is 0. The van der Waals surface area contributed by atoms with E-state index in [1.165, 1.54) is 28.2 Å². The van der Waals surface area contributed by atoms with Gasteiger partial charge in [-0.05, 0) is 38.8 Å². The summed E-state index contributed by atoms with van der Waals surface area (Å²) in [5.74, 6) is 1.47. The van der Waals surface area contributed by atoms with Gasteiger partial charge in [-0.3, -0.25) is 0 Å². The van der Waals surface area contributed by atoms with E-state index in [1.54, 1.807) is 0 Å². The predicted molar refractivity (Wildman–Crippen MR) is 61.4 cm³/mol. The van der Waals surface area contributed by atoms with Crippen LogP contribution >= 0.6 is 0 Å². The topological polar surface area (TPSA) is 79.6 Å². The van der Waals surface area contributed by atoms with Gasteiger partial charge < -0.3 is 0 Å². The van der Waals surface area contributed by atoms with Crippen molar-refractivity contribution < 1.29 is 37.2 Å². The Hall–Kier alpha value is -0.976. The van der Waals surface area contributed by atoms with Crippen molar-refractivity contribution in [1.82, 2.24) is 0 Å². The van der Waals surface area contributed by atoms with Gasteiger partial charge in [-0.15, -0.1) is 0 Å². The van der Waals surface area contributed by atoms with E-state index in [1.807, 2.05) is 0 Å². The zero-order chi connectivity index (χ0) is 15.9. The predicted octanol–water partition coefficient (Wildman–Crippen LogP) is 3.11. The van der Waals surface area contributed by atoms with Crippen LogP contribution in [-0.2, 0) is 37.2 Å². The molecule has 100 valence electrons. The van der Waals surface area contributed by atoms with Crippen LogP contribution in [0, 0.1) is 32.5 Å². The molecule has 4 nitrogen and oxygen atoms in total. The van der Waals surface area contributed by atoms with Gasteiger partial charge in [0.1, 0.15) is 0 Å². The zero-order valence-electron chi connectivity index (χ0n) is 11.6. The van der Waals surface area contributed by atoms with Crippen molar-refractivity contribution in [2.45, 2.75) is 34.6 Å². The van der Waals surface area contributed by atoms with Crippen LogP contribution in [0.15, 0.2) is 22.3 Å². The number of rotatable bonds is 0. The van der Waals surface area contributed by atoms with Gasteiger partial charge in [-0.1, -0.05) is 18.1 Å². The van der Waals surface area contributed by atoms with Crippen LogP contribution in [0.5, 0.6) is 0 Å².